The molecule has 0 aromatic rings. The fourth-order valence-corrected chi connectivity index (χ4v) is 0.613. The van der Waals surface area contributed by atoms with Gasteiger partial charge in [-0.3, -0.25) is 0 Å². The maximum absolute atomic E-state index is 12.6. The van der Waals surface area contributed by atoms with Crippen LogP contribution in [0.2, 0.25) is 0 Å². The van der Waals surface area contributed by atoms with Crippen molar-refractivity contribution in [3.8, 4) is 0 Å². The third-order valence-corrected chi connectivity index (χ3v) is 1.33. The van der Waals surface area contributed by atoms with Crippen molar-refractivity contribution in [2.75, 3.05) is 0 Å². The van der Waals surface area contributed by atoms with Crippen LogP contribution in [0.4, 0.5) is 4.39 Å². The third kappa shape index (κ3) is 3.62. The number of allylic oxidation sites excluding steroid dienone is 1. The maximum atomic E-state index is 12.6. The van der Waals surface area contributed by atoms with Crippen LogP contribution in [0.3, 0.4) is 0 Å². The minimum Gasteiger partial charge on any atom is -0.386 e. The minimum atomic E-state index is -0.883. The highest BCUT2D eigenvalue weighted by atomic mass is 19.1. The van der Waals surface area contributed by atoms with Crippen LogP contribution >= 0.6 is 0 Å². The summed E-state index contributed by atoms with van der Waals surface area (Å²) in [6.07, 6.45) is 2.65. The van der Waals surface area contributed by atoms with E-state index in [4.69, 9.17) is 5.11 Å². The molecular formula is C8H15FO. The highest BCUT2D eigenvalue weighted by Crippen LogP contribution is 2.08. The van der Waals surface area contributed by atoms with Crippen LogP contribution in [0.5, 0.6) is 0 Å². The van der Waals surface area contributed by atoms with E-state index in [9.17, 15) is 4.39 Å². The fraction of sp³-hybridized carbons (Fsp3) is 0.750. The van der Waals surface area contributed by atoms with Gasteiger partial charge in [0.05, 0.1) is 0 Å². The average molecular weight is 146 g/mol. The lowest BCUT2D eigenvalue weighted by Gasteiger charge is -2.02. The van der Waals surface area contributed by atoms with Gasteiger partial charge in [0.25, 0.3) is 0 Å². The van der Waals surface area contributed by atoms with Gasteiger partial charge in [-0.15, -0.1) is 0 Å². The summed E-state index contributed by atoms with van der Waals surface area (Å²) in [7, 11) is 0. The Labute approximate surface area is 61.6 Å². The van der Waals surface area contributed by atoms with Gasteiger partial charge < -0.3 is 5.11 Å². The molecule has 0 aromatic heterocycles. The van der Waals surface area contributed by atoms with Crippen LogP contribution in [0.15, 0.2) is 11.9 Å². The first-order valence-corrected chi connectivity index (χ1v) is 3.76. The molecule has 60 valence electrons. The molecule has 0 bridgehead atoms. The summed E-state index contributed by atoms with van der Waals surface area (Å²) < 4.78 is 12.6. The molecule has 1 N–H and O–H groups in total. The number of halogens is 1. The summed E-state index contributed by atoms with van der Waals surface area (Å²) in [5.41, 5.74) is 0. The molecule has 0 saturated carbocycles. The van der Waals surface area contributed by atoms with Crippen LogP contribution in [0.25, 0.3) is 0 Å². The first-order chi connectivity index (χ1) is 4.72. The summed E-state index contributed by atoms with van der Waals surface area (Å²) in [6, 6.07) is 0. The van der Waals surface area contributed by atoms with E-state index >= 15 is 0 Å². The van der Waals surface area contributed by atoms with Gasteiger partial charge in [-0.1, -0.05) is 26.3 Å². The van der Waals surface area contributed by atoms with E-state index in [0.29, 0.717) is 12.8 Å². The van der Waals surface area contributed by atoms with Crippen molar-refractivity contribution >= 4 is 0 Å². The maximum Gasteiger partial charge on any atom is 0.124 e. The molecule has 0 saturated heterocycles. The molecule has 2 heteroatoms. The van der Waals surface area contributed by atoms with Crippen molar-refractivity contribution in [2.45, 2.75) is 39.2 Å². The zero-order valence-electron chi connectivity index (χ0n) is 6.60. The molecule has 0 aliphatic carbocycles. The van der Waals surface area contributed by atoms with Gasteiger partial charge in [-0.05, 0) is 12.8 Å². The van der Waals surface area contributed by atoms with E-state index in [-0.39, 0.29) is 5.83 Å². The van der Waals surface area contributed by atoms with Crippen molar-refractivity contribution < 1.29 is 9.50 Å². The Hall–Kier alpha value is -0.370. The van der Waals surface area contributed by atoms with Crippen LogP contribution in [0, 0.1) is 0 Å². The van der Waals surface area contributed by atoms with Gasteiger partial charge >= 0.3 is 0 Å². The van der Waals surface area contributed by atoms with Crippen molar-refractivity contribution in [1.29, 1.82) is 0 Å². The first-order valence-electron chi connectivity index (χ1n) is 3.76. The molecule has 0 heterocycles. The van der Waals surface area contributed by atoms with Gasteiger partial charge in [-0.25, -0.2) is 4.39 Å². The van der Waals surface area contributed by atoms with E-state index < -0.39 is 6.10 Å². The smallest absolute Gasteiger partial charge is 0.124 e. The highest BCUT2D eigenvalue weighted by molar-refractivity contribution is 4.97. The summed E-state index contributed by atoms with van der Waals surface area (Å²) in [4.78, 5) is 0. The van der Waals surface area contributed by atoms with Crippen molar-refractivity contribution in [3.63, 3.8) is 0 Å². The van der Waals surface area contributed by atoms with E-state index in [2.05, 4.69) is 0 Å². The molecule has 0 spiro atoms. The SMILES string of the molecule is CCC/C=C(\F)C(O)CC. The third-order valence-electron chi connectivity index (χ3n) is 1.33. The Morgan fingerprint density at radius 3 is 2.60 bits per heavy atom. The van der Waals surface area contributed by atoms with Crippen LogP contribution in [-0.2, 0) is 0 Å². The van der Waals surface area contributed by atoms with E-state index in [1.54, 1.807) is 6.92 Å². The van der Waals surface area contributed by atoms with Crippen molar-refractivity contribution in [1.82, 2.24) is 0 Å². The lowest BCUT2D eigenvalue weighted by molar-refractivity contribution is 0.178. The standard InChI is InChI=1S/C8H15FO/c1-3-5-6-7(9)8(10)4-2/h6,8,10H,3-5H2,1-2H3/b7-6-. The number of aliphatic hydroxyl groups is 1. The Bertz CT molecular complexity index is 110. The second kappa shape index (κ2) is 5.42. The fourth-order valence-electron chi connectivity index (χ4n) is 0.613. The molecule has 0 aliphatic rings. The quantitative estimate of drug-likeness (QED) is 0.645. The molecule has 0 fully saturated rings. The van der Waals surface area contributed by atoms with Gasteiger partial charge in [-0.2, -0.15) is 0 Å². The molecule has 0 rings (SSSR count). The minimum absolute atomic E-state index is 0.385. The summed E-state index contributed by atoms with van der Waals surface area (Å²) in [6.45, 7) is 3.73. The van der Waals surface area contributed by atoms with Gasteiger partial charge in [0.1, 0.15) is 11.9 Å². The second-order valence-electron chi connectivity index (χ2n) is 2.30. The number of hydrogen-bond donors (Lipinski definition) is 1. The van der Waals surface area contributed by atoms with Gasteiger partial charge in [0.15, 0.2) is 0 Å². The summed E-state index contributed by atoms with van der Waals surface area (Å²) in [5.74, 6) is -0.385. The topological polar surface area (TPSA) is 20.2 Å². The highest BCUT2D eigenvalue weighted by Gasteiger charge is 2.05. The molecule has 0 amide bonds. The number of aliphatic hydroxyl groups excluding tert-OH is 1. The molecular weight excluding hydrogens is 131 g/mol. The zero-order valence-corrected chi connectivity index (χ0v) is 6.60. The van der Waals surface area contributed by atoms with Crippen LogP contribution in [0.1, 0.15) is 33.1 Å². The molecule has 0 aliphatic heterocycles. The number of hydrogen-bond acceptors (Lipinski definition) is 1. The Morgan fingerprint density at radius 2 is 2.20 bits per heavy atom. The Kier molecular flexibility index (Phi) is 5.22. The van der Waals surface area contributed by atoms with Crippen molar-refractivity contribution in [3.05, 3.63) is 11.9 Å². The van der Waals surface area contributed by atoms with E-state index in [0.717, 1.165) is 6.42 Å². The largest absolute Gasteiger partial charge is 0.386 e. The molecule has 0 radical (unpaired) electrons. The predicted molar refractivity (Wildman–Crippen MR) is 40.4 cm³/mol. The second-order valence-corrected chi connectivity index (χ2v) is 2.30. The lowest BCUT2D eigenvalue weighted by Crippen LogP contribution is -2.04. The molecule has 10 heavy (non-hydrogen) atoms. The Balaban J connectivity index is 3.67. The normalized spacial score (nSPS) is 15.4. The monoisotopic (exact) mass is 146 g/mol. The van der Waals surface area contributed by atoms with E-state index in [1.807, 2.05) is 6.92 Å². The zero-order chi connectivity index (χ0) is 7.98. The van der Waals surface area contributed by atoms with E-state index in [1.165, 1.54) is 6.08 Å². The van der Waals surface area contributed by atoms with Gasteiger partial charge in [0, 0.05) is 0 Å². The molecule has 1 unspecified atom stereocenters. The summed E-state index contributed by atoms with van der Waals surface area (Å²) in [5, 5.41) is 8.91. The molecule has 1 atom stereocenters. The average Bonchev–Trinajstić information content (AvgIpc) is 1.98. The number of rotatable bonds is 4. The lowest BCUT2D eigenvalue weighted by atomic mass is 10.2. The van der Waals surface area contributed by atoms with Crippen molar-refractivity contribution in [2.24, 2.45) is 0 Å². The molecule has 1 nitrogen and oxygen atoms in total. The van der Waals surface area contributed by atoms with Gasteiger partial charge in [0.2, 0.25) is 0 Å². The van der Waals surface area contributed by atoms with Crippen LogP contribution < -0.4 is 0 Å². The first kappa shape index (κ1) is 9.63. The number of unbranched alkanes of at least 4 members (excludes halogenated alkanes) is 1. The Morgan fingerprint density at radius 1 is 1.60 bits per heavy atom. The molecule has 0 aromatic carbocycles. The predicted octanol–water partition coefficient (Wildman–Crippen LogP) is 2.41. The van der Waals surface area contributed by atoms with Crippen LogP contribution in [-0.4, -0.2) is 11.2 Å². The summed E-state index contributed by atoms with van der Waals surface area (Å²) >= 11 is 0.